The van der Waals surface area contributed by atoms with Crippen molar-refractivity contribution in [1.29, 1.82) is 0 Å². The fraction of sp³-hybridized carbons (Fsp3) is 0.167. The van der Waals surface area contributed by atoms with Crippen molar-refractivity contribution in [1.82, 2.24) is 14.8 Å². The summed E-state index contributed by atoms with van der Waals surface area (Å²) in [6.45, 7) is 1.79. The molecule has 27 heavy (non-hydrogen) atoms. The minimum absolute atomic E-state index is 0.207. The van der Waals surface area contributed by atoms with Crippen LogP contribution in [0.15, 0.2) is 53.9 Å². The van der Waals surface area contributed by atoms with E-state index in [4.69, 9.17) is 27.9 Å². The molecule has 2 aromatic carbocycles. The van der Waals surface area contributed by atoms with Crippen molar-refractivity contribution in [3.63, 3.8) is 0 Å². The highest BCUT2D eigenvalue weighted by atomic mass is 35.5. The molecule has 0 aliphatic heterocycles. The van der Waals surface area contributed by atoms with Gasteiger partial charge in [0.25, 0.3) is 0 Å². The zero-order valence-electron chi connectivity index (χ0n) is 14.5. The summed E-state index contributed by atoms with van der Waals surface area (Å²) >= 11 is 13.3. The van der Waals surface area contributed by atoms with Crippen LogP contribution in [0.2, 0.25) is 10.0 Å². The highest BCUT2D eigenvalue weighted by Crippen LogP contribution is 2.30. The summed E-state index contributed by atoms with van der Waals surface area (Å²) in [5.74, 6) is 0.327. The Balaban J connectivity index is 1.75. The minimum Gasteiger partial charge on any atom is -0.495 e. The number of rotatable bonds is 6. The topological polar surface area (TPSA) is 69.0 Å². The first-order valence-corrected chi connectivity index (χ1v) is 9.58. The maximum Gasteiger partial charge on any atom is 0.237 e. The van der Waals surface area contributed by atoms with Gasteiger partial charge in [-0.1, -0.05) is 41.0 Å². The molecule has 3 aromatic rings. The molecule has 6 nitrogen and oxygen atoms in total. The lowest BCUT2D eigenvalue weighted by molar-refractivity contribution is -0.115. The van der Waals surface area contributed by atoms with E-state index >= 15 is 0 Å². The number of aromatic nitrogens is 3. The Labute approximate surface area is 170 Å². The van der Waals surface area contributed by atoms with Crippen LogP contribution in [0.1, 0.15) is 6.92 Å². The lowest BCUT2D eigenvalue weighted by Gasteiger charge is -2.14. The second-order valence-corrected chi connectivity index (χ2v) is 7.74. The number of anilines is 1. The summed E-state index contributed by atoms with van der Waals surface area (Å²) in [5, 5.41) is 12.1. The van der Waals surface area contributed by atoms with Crippen LogP contribution in [-0.4, -0.2) is 33.0 Å². The molecule has 0 aliphatic rings. The number of nitrogens with zero attached hydrogens (tertiary/aromatic N) is 3. The van der Waals surface area contributed by atoms with Gasteiger partial charge in [-0.05, 0) is 43.3 Å². The van der Waals surface area contributed by atoms with Gasteiger partial charge in [-0.3, -0.25) is 9.36 Å². The zero-order valence-corrected chi connectivity index (χ0v) is 16.8. The fourth-order valence-electron chi connectivity index (χ4n) is 2.33. The van der Waals surface area contributed by atoms with Crippen molar-refractivity contribution < 1.29 is 9.53 Å². The number of methoxy groups -OCH3 is 1. The van der Waals surface area contributed by atoms with E-state index in [0.29, 0.717) is 26.6 Å². The van der Waals surface area contributed by atoms with Gasteiger partial charge in [-0.2, -0.15) is 0 Å². The van der Waals surface area contributed by atoms with E-state index in [0.717, 1.165) is 5.69 Å². The summed E-state index contributed by atoms with van der Waals surface area (Å²) in [6, 6.07) is 12.4. The first-order chi connectivity index (χ1) is 13.0. The molecule has 1 atom stereocenters. The first-order valence-electron chi connectivity index (χ1n) is 7.95. The quantitative estimate of drug-likeness (QED) is 0.582. The predicted molar refractivity (Wildman–Crippen MR) is 108 cm³/mol. The monoisotopic (exact) mass is 422 g/mol. The third-order valence-corrected chi connectivity index (χ3v) is 5.20. The number of ether oxygens (including phenoxy) is 1. The van der Waals surface area contributed by atoms with Crippen molar-refractivity contribution in [2.24, 2.45) is 0 Å². The number of hydrogen-bond donors (Lipinski definition) is 1. The zero-order chi connectivity index (χ0) is 19.4. The average molecular weight is 423 g/mol. The summed E-state index contributed by atoms with van der Waals surface area (Å²) in [4.78, 5) is 12.6. The van der Waals surface area contributed by atoms with E-state index < -0.39 is 5.25 Å². The Morgan fingerprint density at radius 2 is 2.00 bits per heavy atom. The Morgan fingerprint density at radius 3 is 2.74 bits per heavy atom. The smallest absolute Gasteiger partial charge is 0.237 e. The third kappa shape index (κ3) is 4.74. The third-order valence-electron chi connectivity index (χ3n) is 3.67. The van der Waals surface area contributed by atoms with Crippen LogP contribution < -0.4 is 10.1 Å². The predicted octanol–water partition coefficient (Wildman–Crippen LogP) is 4.70. The van der Waals surface area contributed by atoms with Gasteiger partial charge in [0.05, 0.1) is 23.7 Å². The van der Waals surface area contributed by atoms with E-state index in [1.54, 1.807) is 48.1 Å². The molecule has 0 saturated heterocycles. The van der Waals surface area contributed by atoms with Crippen molar-refractivity contribution in [3.8, 4) is 11.4 Å². The van der Waals surface area contributed by atoms with Crippen molar-refractivity contribution >= 4 is 46.6 Å². The van der Waals surface area contributed by atoms with Gasteiger partial charge in [0.2, 0.25) is 5.91 Å². The van der Waals surface area contributed by atoms with Crippen LogP contribution in [0.4, 0.5) is 5.69 Å². The fourth-order valence-corrected chi connectivity index (χ4v) is 3.53. The van der Waals surface area contributed by atoms with E-state index in [-0.39, 0.29) is 5.91 Å². The maximum atomic E-state index is 12.6. The molecular formula is C18H16Cl2N4O2S. The standard InChI is InChI=1S/C18H16Cl2N4O2S/c1-11(17(25)22-15-9-13(20)6-7-16(15)26-2)27-18-23-21-10-24(18)14-5-3-4-12(19)8-14/h3-11H,1-2H3,(H,22,25). The molecule has 1 heterocycles. The van der Waals surface area contributed by atoms with Crippen molar-refractivity contribution in [3.05, 3.63) is 58.8 Å². The molecule has 0 spiro atoms. The summed E-state index contributed by atoms with van der Waals surface area (Å²) in [5.41, 5.74) is 1.33. The van der Waals surface area contributed by atoms with Gasteiger partial charge in [-0.15, -0.1) is 10.2 Å². The molecular weight excluding hydrogens is 407 g/mol. The van der Waals surface area contributed by atoms with Crippen LogP contribution in [0.5, 0.6) is 5.75 Å². The molecule has 0 bridgehead atoms. The number of hydrogen-bond acceptors (Lipinski definition) is 5. The molecule has 9 heteroatoms. The second-order valence-electron chi connectivity index (χ2n) is 5.56. The van der Waals surface area contributed by atoms with Gasteiger partial charge in [0.15, 0.2) is 5.16 Å². The van der Waals surface area contributed by atoms with E-state index in [2.05, 4.69) is 15.5 Å². The summed E-state index contributed by atoms with van der Waals surface area (Å²) < 4.78 is 7.03. The Morgan fingerprint density at radius 1 is 1.22 bits per heavy atom. The molecule has 0 saturated carbocycles. The van der Waals surface area contributed by atoms with Gasteiger partial charge >= 0.3 is 0 Å². The molecule has 0 fully saturated rings. The van der Waals surface area contributed by atoms with Gasteiger partial charge in [0.1, 0.15) is 12.1 Å². The molecule has 1 amide bonds. The van der Waals surface area contributed by atoms with Gasteiger partial charge in [-0.25, -0.2) is 0 Å². The number of carbonyl (C=O) groups is 1. The van der Waals surface area contributed by atoms with Crippen LogP contribution >= 0.6 is 35.0 Å². The number of carbonyl (C=O) groups excluding carboxylic acids is 1. The number of benzene rings is 2. The first kappa shape index (κ1) is 19.5. The van der Waals surface area contributed by atoms with Crippen LogP contribution in [0.3, 0.4) is 0 Å². The van der Waals surface area contributed by atoms with Gasteiger partial charge in [0, 0.05) is 10.0 Å². The van der Waals surface area contributed by atoms with E-state index in [1.165, 1.54) is 18.9 Å². The van der Waals surface area contributed by atoms with Crippen molar-refractivity contribution in [2.45, 2.75) is 17.3 Å². The maximum absolute atomic E-state index is 12.6. The lowest BCUT2D eigenvalue weighted by Crippen LogP contribution is -2.23. The molecule has 1 unspecified atom stereocenters. The lowest BCUT2D eigenvalue weighted by atomic mass is 10.3. The van der Waals surface area contributed by atoms with E-state index in [9.17, 15) is 4.79 Å². The Kier molecular flexibility index (Phi) is 6.26. The summed E-state index contributed by atoms with van der Waals surface area (Å²) in [6.07, 6.45) is 1.58. The van der Waals surface area contributed by atoms with Crippen molar-refractivity contribution in [2.75, 3.05) is 12.4 Å². The van der Waals surface area contributed by atoms with Crippen LogP contribution in [0.25, 0.3) is 5.69 Å². The number of thioether (sulfide) groups is 1. The number of amides is 1. The Hall–Kier alpha value is -2.22. The van der Waals surface area contributed by atoms with Crippen LogP contribution in [-0.2, 0) is 4.79 Å². The van der Waals surface area contributed by atoms with Crippen LogP contribution in [0, 0.1) is 0 Å². The molecule has 0 radical (unpaired) electrons. The second kappa shape index (κ2) is 8.65. The summed E-state index contributed by atoms with van der Waals surface area (Å²) in [7, 11) is 1.53. The molecule has 140 valence electrons. The molecule has 0 aliphatic carbocycles. The minimum atomic E-state index is -0.434. The molecule has 1 N–H and O–H groups in total. The van der Waals surface area contributed by atoms with Gasteiger partial charge < -0.3 is 10.1 Å². The van der Waals surface area contributed by atoms with E-state index in [1.807, 2.05) is 12.1 Å². The SMILES string of the molecule is COc1ccc(Cl)cc1NC(=O)C(C)Sc1nncn1-c1cccc(Cl)c1. The molecule has 1 aromatic heterocycles. The highest BCUT2D eigenvalue weighted by molar-refractivity contribution is 8.00. The highest BCUT2D eigenvalue weighted by Gasteiger charge is 2.20. The number of nitrogens with one attached hydrogen (secondary N) is 1. The molecule has 3 rings (SSSR count). The Bertz CT molecular complexity index is 964. The largest absolute Gasteiger partial charge is 0.495 e. The normalized spacial score (nSPS) is 11.9. The average Bonchev–Trinajstić information content (AvgIpc) is 3.10. The number of halogens is 2.